The molecule has 0 bridgehead atoms. The summed E-state index contributed by atoms with van der Waals surface area (Å²) < 4.78 is 5.18. The average Bonchev–Trinajstić information content (AvgIpc) is 3.03. The lowest BCUT2D eigenvalue weighted by Gasteiger charge is -2.26. The van der Waals surface area contributed by atoms with Gasteiger partial charge >= 0.3 is 12.1 Å². The topological polar surface area (TPSA) is 87.2 Å². The van der Waals surface area contributed by atoms with Crippen LogP contribution in [0, 0.1) is 0 Å². The summed E-state index contributed by atoms with van der Waals surface area (Å²) in [5.74, 6) is -1.39. The molecule has 2 rings (SSSR count). The molecule has 1 aliphatic rings. The van der Waals surface area contributed by atoms with Crippen LogP contribution in [-0.2, 0) is 20.7 Å². The van der Waals surface area contributed by atoms with Gasteiger partial charge in [-0.05, 0) is 18.4 Å². The number of benzene rings is 1. The van der Waals surface area contributed by atoms with E-state index in [1.807, 2.05) is 6.07 Å². The van der Waals surface area contributed by atoms with Crippen molar-refractivity contribution in [2.45, 2.75) is 31.4 Å². The van der Waals surface area contributed by atoms with Crippen LogP contribution in [0.2, 0.25) is 0 Å². The molecular weight excluding hydrogens is 312 g/mol. The fourth-order valence-corrected chi connectivity index (χ4v) is 2.74. The van der Waals surface area contributed by atoms with Gasteiger partial charge in [-0.3, -0.25) is 9.69 Å². The van der Waals surface area contributed by atoms with Gasteiger partial charge in [-0.25, -0.2) is 9.59 Å². The second-order valence-electron chi connectivity index (χ2n) is 5.98. The van der Waals surface area contributed by atoms with E-state index in [0.29, 0.717) is 19.4 Å². The van der Waals surface area contributed by atoms with E-state index in [4.69, 9.17) is 4.74 Å². The van der Waals surface area contributed by atoms with Crippen molar-refractivity contribution in [1.29, 1.82) is 0 Å². The Kier molecular flexibility index (Phi) is 5.78. The summed E-state index contributed by atoms with van der Waals surface area (Å²) in [7, 11) is 3.25. The summed E-state index contributed by atoms with van der Waals surface area (Å²) in [5.41, 5.74) is 0.764. The summed E-state index contributed by atoms with van der Waals surface area (Å²) in [6, 6.07) is 8.38. The highest BCUT2D eigenvalue weighted by Crippen LogP contribution is 2.21. The zero-order valence-electron chi connectivity index (χ0n) is 13.8. The highest BCUT2D eigenvalue weighted by atomic mass is 16.6. The third-order valence-electron chi connectivity index (χ3n) is 4.00. The molecular formula is C17H22N2O5. The Balaban J connectivity index is 2.04. The first-order valence-electron chi connectivity index (χ1n) is 7.85. The van der Waals surface area contributed by atoms with Gasteiger partial charge in [-0.15, -0.1) is 0 Å². The van der Waals surface area contributed by atoms with Crippen molar-refractivity contribution < 1.29 is 24.2 Å². The third-order valence-corrected chi connectivity index (χ3v) is 4.00. The molecule has 1 aromatic rings. The Hall–Kier alpha value is -2.57. The lowest BCUT2D eigenvalue weighted by Crippen LogP contribution is -2.47. The summed E-state index contributed by atoms with van der Waals surface area (Å²) in [5, 5.41) is 9.32. The summed E-state index contributed by atoms with van der Waals surface area (Å²) in [4.78, 5) is 38.6. The Labute approximate surface area is 140 Å². The monoisotopic (exact) mass is 334 g/mol. The lowest BCUT2D eigenvalue weighted by atomic mass is 10.1. The minimum absolute atomic E-state index is 0.0854. The maximum absolute atomic E-state index is 12.4. The SMILES string of the molecule is CN(C)C(=O)[C@H]1CCCN1C(=O)O[C@@H](Cc1ccccc1)C(=O)O. The number of amides is 2. The number of carbonyl (C=O) groups excluding carboxylic acids is 2. The molecule has 1 heterocycles. The van der Waals surface area contributed by atoms with E-state index >= 15 is 0 Å². The first kappa shape index (κ1) is 17.8. The van der Waals surface area contributed by atoms with Crippen molar-refractivity contribution in [3.05, 3.63) is 35.9 Å². The molecule has 0 unspecified atom stereocenters. The lowest BCUT2D eigenvalue weighted by molar-refractivity contribution is -0.147. The molecule has 1 fully saturated rings. The number of carbonyl (C=O) groups is 3. The van der Waals surface area contributed by atoms with Crippen molar-refractivity contribution in [2.24, 2.45) is 0 Å². The largest absolute Gasteiger partial charge is 0.478 e. The van der Waals surface area contributed by atoms with Gasteiger partial charge in [-0.1, -0.05) is 30.3 Å². The predicted molar refractivity (Wildman–Crippen MR) is 86.5 cm³/mol. The Morgan fingerprint density at radius 1 is 1.29 bits per heavy atom. The van der Waals surface area contributed by atoms with Gasteiger partial charge < -0.3 is 14.7 Å². The molecule has 1 saturated heterocycles. The molecule has 130 valence electrons. The van der Waals surface area contributed by atoms with Crippen molar-refractivity contribution in [1.82, 2.24) is 9.80 Å². The Morgan fingerprint density at radius 3 is 2.54 bits per heavy atom. The molecule has 0 saturated carbocycles. The summed E-state index contributed by atoms with van der Waals surface area (Å²) in [6.45, 7) is 0.390. The normalized spacial score (nSPS) is 18.1. The molecule has 1 aromatic carbocycles. The van der Waals surface area contributed by atoms with Gasteiger partial charge in [0.1, 0.15) is 6.04 Å². The molecule has 2 amide bonds. The first-order valence-corrected chi connectivity index (χ1v) is 7.85. The summed E-state index contributed by atoms with van der Waals surface area (Å²) in [6.07, 6.45) is -0.702. The first-order chi connectivity index (χ1) is 11.4. The van der Waals surface area contributed by atoms with Gasteiger partial charge in [0.25, 0.3) is 0 Å². The minimum Gasteiger partial charge on any atom is -0.478 e. The second-order valence-corrected chi connectivity index (χ2v) is 5.98. The van der Waals surface area contributed by atoms with Crippen molar-refractivity contribution >= 4 is 18.0 Å². The van der Waals surface area contributed by atoms with Crippen LogP contribution in [0.3, 0.4) is 0 Å². The Morgan fingerprint density at radius 2 is 1.96 bits per heavy atom. The van der Waals surface area contributed by atoms with E-state index in [0.717, 1.165) is 5.56 Å². The Bertz CT molecular complexity index is 602. The van der Waals surface area contributed by atoms with Gasteiger partial charge in [0.15, 0.2) is 0 Å². The predicted octanol–water partition coefficient (Wildman–Crippen LogP) is 1.37. The fourth-order valence-electron chi connectivity index (χ4n) is 2.74. The number of nitrogens with zero attached hydrogens (tertiary/aromatic N) is 2. The number of ether oxygens (including phenoxy) is 1. The number of carboxylic acid groups (broad SMARTS) is 1. The highest BCUT2D eigenvalue weighted by Gasteiger charge is 2.37. The van der Waals surface area contributed by atoms with Crippen molar-refractivity contribution in [3.63, 3.8) is 0 Å². The molecule has 24 heavy (non-hydrogen) atoms. The van der Waals surface area contributed by atoms with Crippen LogP contribution in [0.15, 0.2) is 30.3 Å². The standard InChI is InChI=1S/C17H22N2O5/c1-18(2)15(20)13-9-6-10-19(13)17(23)24-14(16(21)22)11-12-7-4-3-5-8-12/h3-5,7-8,13-14H,6,9-11H2,1-2H3,(H,21,22)/t13-,14+/m1/s1. The van der Waals surface area contributed by atoms with Gasteiger partial charge in [0, 0.05) is 27.1 Å². The van der Waals surface area contributed by atoms with Crippen molar-refractivity contribution in [2.75, 3.05) is 20.6 Å². The molecule has 0 aromatic heterocycles. The van der Waals surface area contributed by atoms with Crippen LogP contribution in [-0.4, -0.2) is 65.7 Å². The number of likely N-dealkylation sites (tertiary alicyclic amines) is 1. The zero-order valence-corrected chi connectivity index (χ0v) is 13.8. The van der Waals surface area contributed by atoms with E-state index in [9.17, 15) is 19.5 Å². The molecule has 7 heteroatoms. The molecule has 0 spiro atoms. The van der Waals surface area contributed by atoms with Crippen molar-refractivity contribution in [3.8, 4) is 0 Å². The number of rotatable bonds is 5. The van der Waals surface area contributed by atoms with E-state index in [1.165, 1.54) is 9.80 Å². The fraction of sp³-hybridized carbons (Fsp3) is 0.471. The maximum atomic E-state index is 12.4. The smallest absolute Gasteiger partial charge is 0.411 e. The molecule has 1 N–H and O–H groups in total. The van der Waals surface area contributed by atoms with Crippen LogP contribution in [0.1, 0.15) is 18.4 Å². The van der Waals surface area contributed by atoms with Gasteiger partial charge in [0.2, 0.25) is 12.0 Å². The molecule has 0 radical (unpaired) electrons. The van der Waals surface area contributed by atoms with Gasteiger partial charge in [-0.2, -0.15) is 0 Å². The highest BCUT2D eigenvalue weighted by molar-refractivity contribution is 5.86. The zero-order chi connectivity index (χ0) is 17.7. The van der Waals surface area contributed by atoms with E-state index in [2.05, 4.69) is 0 Å². The molecule has 7 nitrogen and oxygen atoms in total. The summed E-state index contributed by atoms with van der Waals surface area (Å²) >= 11 is 0. The molecule has 1 aliphatic heterocycles. The number of likely N-dealkylation sites (N-methyl/N-ethyl adjacent to an activating group) is 1. The third kappa shape index (κ3) is 4.24. The van der Waals surface area contributed by atoms with E-state index < -0.39 is 24.2 Å². The maximum Gasteiger partial charge on any atom is 0.411 e. The van der Waals surface area contributed by atoms with Gasteiger partial charge in [0.05, 0.1) is 0 Å². The quantitative estimate of drug-likeness (QED) is 0.879. The average molecular weight is 334 g/mol. The number of carboxylic acids is 1. The van der Waals surface area contributed by atoms with Crippen LogP contribution >= 0.6 is 0 Å². The number of hydrogen-bond acceptors (Lipinski definition) is 4. The minimum atomic E-state index is -1.28. The molecule has 2 atom stereocenters. The number of aliphatic carboxylic acids is 1. The second kappa shape index (κ2) is 7.81. The van der Waals surface area contributed by atoms with E-state index in [-0.39, 0.29) is 12.3 Å². The van der Waals surface area contributed by atoms with Crippen LogP contribution < -0.4 is 0 Å². The van der Waals surface area contributed by atoms with Crippen LogP contribution in [0.25, 0.3) is 0 Å². The van der Waals surface area contributed by atoms with Crippen LogP contribution in [0.4, 0.5) is 4.79 Å². The number of hydrogen-bond donors (Lipinski definition) is 1. The molecule has 0 aliphatic carbocycles. The van der Waals surface area contributed by atoms with Crippen LogP contribution in [0.5, 0.6) is 0 Å². The van der Waals surface area contributed by atoms with E-state index in [1.54, 1.807) is 38.4 Å².